The Morgan fingerprint density at radius 1 is 1.18 bits per heavy atom. The summed E-state index contributed by atoms with van der Waals surface area (Å²) in [4.78, 5) is 23.5. The van der Waals surface area contributed by atoms with Crippen LogP contribution in [0.5, 0.6) is 0 Å². The van der Waals surface area contributed by atoms with Gasteiger partial charge >= 0.3 is 5.97 Å². The van der Waals surface area contributed by atoms with Crippen LogP contribution in [0.4, 0.5) is 5.69 Å². The zero-order valence-corrected chi connectivity index (χ0v) is 10.1. The van der Waals surface area contributed by atoms with Crippen LogP contribution >= 0.6 is 0 Å². The van der Waals surface area contributed by atoms with E-state index in [0.717, 1.165) is 11.3 Å². The van der Waals surface area contributed by atoms with Crippen molar-refractivity contribution in [2.45, 2.75) is 19.3 Å². The molecule has 0 saturated heterocycles. The van der Waals surface area contributed by atoms with E-state index in [4.69, 9.17) is 5.11 Å². The molecule has 0 unspecified atom stereocenters. The summed E-state index contributed by atoms with van der Waals surface area (Å²) in [5.41, 5.74) is 2.15. The van der Waals surface area contributed by atoms with Gasteiger partial charge in [0.2, 0.25) is 0 Å². The molecule has 0 fully saturated rings. The van der Waals surface area contributed by atoms with E-state index in [0.29, 0.717) is 6.42 Å². The standard InChI is InChI=1S/C13H17NO3/c1-14(2)11-6-3-10(4-7-11)5-8-12(15)9-13(16)17/h3-4,6-7H,5,8-9H2,1-2H3,(H,16,17). The lowest BCUT2D eigenvalue weighted by Crippen LogP contribution is -2.09. The normalized spacial score (nSPS) is 10.0. The van der Waals surface area contributed by atoms with E-state index < -0.39 is 5.97 Å². The highest BCUT2D eigenvalue weighted by Gasteiger charge is 2.07. The summed E-state index contributed by atoms with van der Waals surface area (Å²) < 4.78 is 0. The van der Waals surface area contributed by atoms with Crippen LogP contribution in [-0.4, -0.2) is 31.0 Å². The van der Waals surface area contributed by atoms with Crippen LogP contribution in [0.3, 0.4) is 0 Å². The maximum absolute atomic E-state index is 11.2. The summed E-state index contributed by atoms with van der Waals surface area (Å²) >= 11 is 0. The highest BCUT2D eigenvalue weighted by Crippen LogP contribution is 2.13. The molecule has 0 saturated carbocycles. The molecule has 0 atom stereocenters. The smallest absolute Gasteiger partial charge is 0.310 e. The fraction of sp³-hybridized carbons (Fsp3) is 0.385. The summed E-state index contributed by atoms with van der Waals surface area (Å²) in [7, 11) is 3.93. The van der Waals surface area contributed by atoms with Crippen molar-refractivity contribution in [3.8, 4) is 0 Å². The number of hydrogen-bond acceptors (Lipinski definition) is 3. The molecule has 0 aliphatic carbocycles. The van der Waals surface area contributed by atoms with Gasteiger partial charge in [0, 0.05) is 26.2 Å². The third-order valence-corrected chi connectivity index (χ3v) is 2.49. The number of aryl methyl sites for hydroxylation is 1. The molecule has 0 amide bonds. The van der Waals surface area contributed by atoms with Gasteiger partial charge in [-0.1, -0.05) is 12.1 Å². The fourth-order valence-corrected chi connectivity index (χ4v) is 1.50. The second-order valence-electron chi connectivity index (χ2n) is 4.17. The van der Waals surface area contributed by atoms with Gasteiger partial charge in [0.1, 0.15) is 12.2 Å². The zero-order valence-electron chi connectivity index (χ0n) is 10.1. The molecular formula is C13H17NO3. The molecule has 0 aromatic heterocycles. The van der Waals surface area contributed by atoms with Crippen molar-refractivity contribution >= 4 is 17.4 Å². The predicted octanol–water partition coefficient (Wildman–Crippen LogP) is 1.73. The number of carbonyl (C=O) groups excluding carboxylic acids is 1. The zero-order chi connectivity index (χ0) is 12.8. The molecular weight excluding hydrogens is 218 g/mol. The van der Waals surface area contributed by atoms with Gasteiger partial charge in [0.05, 0.1) is 0 Å². The van der Waals surface area contributed by atoms with E-state index in [1.54, 1.807) is 0 Å². The molecule has 1 aromatic rings. The van der Waals surface area contributed by atoms with Gasteiger partial charge < -0.3 is 10.0 Å². The number of anilines is 1. The summed E-state index contributed by atoms with van der Waals surface area (Å²) in [6.45, 7) is 0. The Hall–Kier alpha value is -1.84. The molecule has 0 radical (unpaired) electrons. The Kier molecular flexibility index (Phi) is 4.69. The van der Waals surface area contributed by atoms with Crippen molar-refractivity contribution < 1.29 is 14.7 Å². The summed E-state index contributed by atoms with van der Waals surface area (Å²) in [6.07, 6.45) is 0.503. The van der Waals surface area contributed by atoms with E-state index in [1.807, 2.05) is 43.3 Å². The van der Waals surface area contributed by atoms with E-state index in [2.05, 4.69) is 0 Å². The van der Waals surface area contributed by atoms with Crippen LogP contribution < -0.4 is 4.90 Å². The lowest BCUT2D eigenvalue weighted by molar-refractivity contribution is -0.140. The third kappa shape index (κ3) is 4.68. The molecule has 1 N–H and O–H groups in total. The Morgan fingerprint density at radius 2 is 1.76 bits per heavy atom. The molecule has 92 valence electrons. The van der Waals surface area contributed by atoms with Crippen LogP contribution in [0.25, 0.3) is 0 Å². The van der Waals surface area contributed by atoms with Gasteiger partial charge in [-0.3, -0.25) is 9.59 Å². The number of aliphatic carboxylic acids is 1. The predicted molar refractivity (Wildman–Crippen MR) is 66.3 cm³/mol. The average molecular weight is 235 g/mol. The minimum atomic E-state index is -1.06. The van der Waals surface area contributed by atoms with Crippen molar-refractivity contribution in [3.63, 3.8) is 0 Å². The highest BCUT2D eigenvalue weighted by atomic mass is 16.4. The number of Topliss-reactive ketones (excluding diaryl/α,β-unsaturated/α-hetero) is 1. The number of benzene rings is 1. The lowest BCUT2D eigenvalue weighted by atomic mass is 10.1. The quantitative estimate of drug-likeness (QED) is 0.763. The van der Waals surface area contributed by atoms with Crippen LogP contribution in [-0.2, 0) is 16.0 Å². The van der Waals surface area contributed by atoms with Crippen molar-refractivity contribution in [3.05, 3.63) is 29.8 Å². The van der Waals surface area contributed by atoms with Crippen LogP contribution in [0.1, 0.15) is 18.4 Å². The molecule has 4 heteroatoms. The number of nitrogens with zero attached hydrogens (tertiary/aromatic N) is 1. The Labute approximate surface area is 101 Å². The maximum atomic E-state index is 11.2. The second-order valence-corrected chi connectivity index (χ2v) is 4.17. The van der Waals surface area contributed by atoms with Crippen molar-refractivity contribution in [1.82, 2.24) is 0 Å². The molecule has 17 heavy (non-hydrogen) atoms. The maximum Gasteiger partial charge on any atom is 0.310 e. The molecule has 1 rings (SSSR count). The first kappa shape index (κ1) is 13.2. The summed E-state index contributed by atoms with van der Waals surface area (Å²) in [5, 5.41) is 8.45. The third-order valence-electron chi connectivity index (χ3n) is 2.49. The molecule has 4 nitrogen and oxygen atoms in total. The van der Waals surface area contributed by atoms with Gasteiger partial charge in [-0.15, -0.1) is 0 Å². The Balaban J connectivity index is 2.47. The first-order valence-corrected chi connectivity index (χ1v) is 5.49. The van der Waals surface area contributed by atoms with E-state index in [-0.39, 0.29) is 18.6 Å². The monoisotopic (exact) mass is 235 g/mol. The van der Waals surface area contributed by atoms with E-state index >= 15 is 0 Å². The number of ketones is 1. The largest absolute Gasteiger partial charge is 0.481 e. The topological polar surface area (TPSA) is 57.6 Å². The Morgan fingerprint density at radius 3 is 2.24 bits per heavy atom. The van der Waals surface area contributed by atoms with Crippen molar-refractivity contribution in [2.24, 2.45) is 0 Å². The number of carboxylic acids is 1. The summed E-state index contributed by atoms with van der Waals surface area (Å²) in [5.74, 6) is -1.29. The molecule has 0 bridgehead atoms. The van der Waals surface area contributed by atoms with E-state index in [9.17, 15) is 9.59 Å². The Bertz CT molecular complexity index is 396. The molecule has 0 aliphatic rings. The highest BCUT2D eigenvalue weighted by molar-refractivity contribution is 5.94. The van der Waals surface area contributed by atoms with Gasteiger partial charge in [-0.25, -0.2) is 0 Å². The number of carbonyl (C=O) groups is 2. The lowest BCUT2D eigenvalue weighted by Gasteiger charge is -2.12. The minimum Gasteiger partial charge on any atom is -0.481 e. The van der Waals surface area contributed by atoms with Crippen LogP contribution in [0, 0.1) is 0 Å². The van der Waals surface area contributed by atoms with Crippen molar-refractivity contribution in [1.29, 1.82) is 0 Å². The second kappa shape index (κ2) is 6.03. The van der Waals surface area contributed by atoms with Crippen LogP contribution in [0.2, 0.25) is 0 Å². The fourth-order valence-electron chi connectivity index (χ4n) is 1.50. The van der Waals surface area contributed by atoms with Gasteiger partial charge in [-0.2, -0.15) is 0 Å². The number of carboxylic acid groups (broad SMARTS) is 1. The average Bonchev–Trinajstić information content (AvgIpc) is 2.26. The number of rotatable bonds is 6. The van der Waals surface area contributed by atoms with Gasteiger partial charge in [0.15, 0.2) is 0 Å². The molecule has 0 spiro atoms. The minimum absolute atomic E-state index is 0.228. The number of hydrogen-bond donors (Lipinski definition) is 1. The first-order valence-electron chi connectivity index (χ1n) is 5.49. The van der Waals surface area contributed by atoms with Gasteiger partial charge in [-0.05, 0) is 24.1 Å². The SMILES string of the molecule is CN(C)c1ccc(CCC(=O)CC(=O)O)cc1. The first-order chi connectivity index (χ1) is 7.99. The molecule has 0 heterocycles. The van der Waals surface area contributed by atoms with Crippen LogP contribution in [0.15, 0.2) is 24.3 Å². The van der Waals surface area contributed by atoms with Crippen molar-refractivity contribution in [2.75, 3.05) is 19.0 Å². The summed E-state index contributed by atoms with van der Waals surface area (Å²) in [6, 6.07) is 7.89. The van der Waals surface area contributed by atoms with Gasteiger partial charge in [0.25, 0.3) is 0 Å². The molecule has 1 aromatic carbocycles. The van der Waals surface area contributed by atoms with E-state index in [1.165, 1.54) is 0 Å². The molecule has 0 aliphatic heterocycles.